The molecule has 0 bridgehead atoms. The summed E-state index contributed by atoms with van der Waals surface area (Å²) in [6.45, 7) is 4.72. The first-order chi connectivity index (χ1) is 9.58. The van der Waals surface area contributed by atoms with Gasteiger partial charge < -0.3 is 4.90 Å². The van der Waals surface area contributed by atoms with Crippen molar-refractivity contribution in [3.63, 3.8) is 0 Å². The van der Waals surface area contributed by atoms with Crippen molar-refractivity contribution in [1.29, 1.82) is 0 Å². The lowest BCUT2D eigenvalue weighted by Crippen LogP contribution is -2.15. The van der Waals surface area contributed by atoms with Gasteiger partial charge in [0.15, 0.2) is 0 Å². The summed E-state index contributed by atoms with van der Waals surface area (Å²) in [7, 11) is 0. The Bertz CT molecular complexity index is 698. The van der Waals surface area contributed by atoms with Gasteiger partial charge >= 0.3 is 0 Å². The maximum atomic E-state index is 10.8. The van der Waals surface area contributed by atoms with Crippen LogP contribution in [0.5, 0.6) is 0 Å². The van der Waals surface area contributed by atoms with Gasteiger partial charge in [-0.3, -0.25) is 10.1 Å². The molecule has 0 aliphatic carbocycles. The van der Waals surface area contributed by atoms with Crippen molar-refractivity contribution in [2.75, 3.05) is 11.4 Å². The molecule has 0 saturated heterocycles. The maximum absolute atomic E-state index is 10.8. The molecule has 0 radical (unpaired) electrons. The van der Waals surface area contributed by atoms with Crippen LogP contribution < -0.4 is 4.90 Å². The van der Waals surface area contributed by atoms with E-state index in [1.165, 1.54) is 17.3 Å². The molecule has 0 saturated carbocycles. The highest BCUT2D eigenvalue weighted by Crippen LogP contribution is 2.36. The summed E-state index contributed by atoms with van der Waals surface area (Å²) in [6.07, 6.45) is 2.33. The molecule has 5 heteroatoms. The van der Waals surface area contributed by atoms with Crippen LogP contribution in [-0.2, 0) is 6.42 Å². The smallest absolute Gasteiger partial charge is 0.290 e. The fourth-order valence-corrected chi connectivity index (χ4v) is 2.72. The number of hydrogen-bond acceptors (Lipinski definition) is 4. The number of anilines is 2. The zero-order valence-electron chi connectivity index (χ0n) is 11.5. The molecule has 0 unspecified atom stereocenters. The summed E-state index contributed by atoms with van der Waals surface area (Å²) in [6, 6.07) is 8.00. The van der Waals surface area contributed by atoms with E-state index in [0.717, 1.165) is 24.5 Å². The molecule has 3 rings (SSSR count). The van der Waals surface area contributed by atoms with Crippen LogP contribution in [0.15, 0.2) is 30.5 Å². The molecule has 1 aromatic carbocycles. The zero-order chi connectivity index (χ0) is 14.3. The fraction of sp³-hybridized carbons (Fsp3) is 0.267. The Morgan fingerprint density at radius 3 is 2.80 bits per heavy atom. The number of rotatable bonds is 2. The number of nitro groups is 1. The van der Waals surface area contributed by atoms with E-state index in [9.17, 15) is 10.1 Å². The summed E-state index contributed by atoms with van der Waals surface area (Å²) in [5.74, 6) is 0.775. The molecule has 1 aliphatic heterocycles. The predicted molar refractivity (Wildman–Crippen MR) is 77.5 cm³/mol. The third-order valence-corrected chi connectivity index (χ3v) is 3.80. The zero-order valence-corrected chi connectivity index (χ0v) is 11.5. The molecule has 0 spiro atoms. The Labute approximate surface area is 117 Å². The van der Waals surface area contributed by atoms with Crippen LogP contribution in [0, 0.1) is 24.0 Å². The Morgan fingerprint density at radius 2 is 2.10 bits per heavy atom. The van der Waals surface area contributed by atoms with Crippen LogP contribution in [-0.4, -0.2) is 16.5 Å². The van der Waals surface area contributed by atoms with Gasteiger partial charge in [-0.1, -0.05) is 12.1 Å². The lowest BCUT2D eigenvalue weighted by atomic mass is 10.1. The minimum atomic E-state index is -0.395. The molecule has 2 aromatic rings. The van der Waals surface area contributed by atoms with E-state index in [1.54, 1.807) is 13.0 Å². The van der Waals surface area contributed by atoms with E-state index >= 15 is 0 Å². The van der Waals surface area contributed by atoms with Crippen LogP contribution in [0.4, 0.5) is 17.2 Å². The van der Waals surface area contributed by atoms with Crippen molar-refractivity contribution >= 4 is 17.2 Å². The molecule has 102 valence electrons. The lowest BCUT2D eigenvalue weighted by Gasteiger charge is -2.18. The van der Waals surface area contributed by atoms with Crippen molar-refractivity contribution in [3.05, 3.63) is 57.3 Å². The first-order valence-corrected chi connectivity index (χ1v) is 6.55. The average molecular weight is 269 g/mol. The molecule has 0 N–H and O–H groups in total. The molecular formula is C15H15N3O2. The van der Waals surface area contributed by atoms with Gasteiger partial charge in [-0.25, -0.2) is 4.98 Å². The lowest BCUT2D eigenvalue weighted by molar-refractivity contribution is -0.385. The number of aromatic nitrogens is 1. The molecule has 0 atom stereocenters. The first-order valence-electron chi connectivity index (χ1n) is 6.55. The van der Waals surface area contributed by atoms with Gasteiger partial charge in [0.2, 0.25) is 0 Å². The minimum absolute atomic E-state index is 0.0670. The van der Waals surface area contributed by atoms with Crippen LogP contribution in [0.1, 0.15) is 16.7 Å². The highest BCUT2D eigenvalue weighted by atomic mass is 16.6. The second-order valence-electron chi connectivity index (χ2n) is 5.06. The van der Waals surface area contributed by atoms with Gasteiger partial charge in [-0.2, -0.15) is 0 Å². The third kappa shape index (κ3) is 1.91. The highest BCUT2D eigenvalue weighted by Gasteiger charge is 2.23. The Morgan fingerprint density at radius 1 is 1.30 bits per heavy atom. The summed E-state index contributed by atoms with van der Waals surface area (Å²) in [4.78, 5) is 16.8. The van der Waals surface area contributed by atoms with E-state index < -0.39 is 4.92 Å². The molecule has 0 amide bonds. The van der Waals surface area contributed by atoms with E-state index in [0.29, 0.717) is 5.56 Å². The molecule has 20 heavy (non-hydrogen) atoms. The second kappa shape index (κ2) is 4.59. The standard InChI is InChI=1S/C15H15N3O2/c1-10-4-3-5-13-12(10)6-7-17(13)15-8-11(2)14(9-16-15)18(19)20/h3-5,8-9H,6-7H2,1-2H3. The van der Waals surface area contributed by atoms with Gasteiger partial charge in [0.05, 0.1) is 4.92 Å². The van der Waals surface area contributed by atoms with Crippen LogP contribution >= 0.6 is 0 Å². The maximum Gasteiger partial charge on any atom is 0.290 e. The van der Waals surface area contributed by atoms with Gasteiger partial charge in [0, 0.05) is 17.8 Å². The average Bonchev–Trinajstić information content (AvgIpc) is 2.83. The normalized spacial score (nSPS) is 13.4. The van der Waals surface area contributed by atoms with Crippen molar-refractivity contribution in [2.45, 2.75) is 20.3 Å². The van der Waals surface area contributed by atoms with Crippen molar-refractivity contribution in [3.8, 4) is 0 Å². The summed E-state index contributed by atoms with van der Waals surface area (Å²) >= 11 is 0. The Hall–Kier alpha value is -2.43. The highest BCUT2D eigenvalue weighted by molar-refractivity contribution is 5.69. The van der Waals surface area contributed by atoms with E-state index in [2.05, 4.69) is 28.9 Å². The van der Waals surface area contributed by atoms with E-state index in [-0.39, 0.29) is 5.69 Å². The number of pyridine rings is 1. The third-order valence-electron chi connectivity index (χ3n) is 3.80. The largest absolute Gasteiger partial charge is 0.326 e. The molecule has 0 fully saturated rings. The van der Waals surface area contributed by atoms with Crippen LogP contribution in [0.2, 0.25) is 0 Å². The SMILES string of the molecule is Cc1cc(N2CCc3c(C)cccc32)ncc1[N+](=O)[O-]. The first kappa shape index (κ1) is 12.6. The predicted octanol–water partition coefficient (Wildman–Crippen LogP) is 3.30. The Kier molecular flexibility index (Phi) is 2.89. The quantitative estimate of drug-likeness (QED) is 0.620. The van der Waals surface area contributed by atoms with Crippen molar-refractivity contribution < 1.29 is 4.92 Å². The van der Waals surface area contributed by atoms with Gasteiger partial charge in [0.1, 0.15) is 12.0 Å². The number of benzene rings is 1. The number of hydrogen-bond donors (Lipinski definition) is 0. The number of fused-ring (bicyclic) bond motifs is 1. The van der Waals surface area contributed by atoms with Crippen molar-refractivity contribution in [1.82, 2.24) is 4.98 Å². The summed E-state index contributed by atoms with van der Waals surface area (Å²) < 4.78 is 0. The summed E-state index contributed by atoms with van der Waals surface area (Å²) in [5, 5.41) is 10.8. The molecule has 1 aliphatic rings. The van der Waals surface area contributed by atoms with Crippen LogP contribution in [0.3, 0.4) is 0 Å². The molecule has 1 aromatic heterocycles. The number of aryl methyl sites for hydroxylation is 2. The minimum Gasteiger partial charge on any atom is -0.326 e. The summed E-state index contributed by atoms with van der Waals surface area (Å²) in [5.41, 5.74) is 4.48. The second-order valence-corrected chi connectivity index (χ2v) is 5.06. The van der Waals surface area contributed by atoms with Gasteiger partial charge in [-0.05, 0) is 43.5 Å². The monoisotopic (exact) mass is 269 g/mol. The van der Waals surface area contributed by atoms with Gasteiger partial charge in [0.25, 0.3) is 5.69 Å². The van der Waals surface area contributed by atoms with Crippen molar-refractivity contribution in [2.24, 2.45) is 0 Å². The topological polar surface area (TPSA) is 59.3 Å². The number of nitrogens with zero attached hydrogens (tertiary/aromatic N) is 3. The fourth-order valence-electron chi connectivity index (χ4n) is 2.72. The molecular weight excluding hydrogens is 254 g/mol. The van der Waals surface area contributed by atoms with Crippen LogP contribution in [0.25, 0.3) is 0 Å². The van der Waals surface area contributed by atoms with E-state index in [4.69, 9.17) is 0 Å². The molecule has 5 nitrogen and oxygen atoms in total. The van der Waals surface area contributed by atoms with Gasteiger partial charge in [-0.15, -0.1) is 0 Å². The Balaban J connectivity index is 2.03. The molecule has 2 heterocycles. The van der Waals surface area contributed by atoms with E-state index in [1.807, 2.05) is 6.07 Å².